The Hall–Kier alpha value is -3.69. The van der Waals surface area contributed by atoms with Gasteiger partial charge in [0.25, 0.3) is 5.91 Å². The maximum Gasteiger partial charge on any atom is 0.351 e. The van der Waals surface area contributed by atoms with Crippen molar-refractivity contribution < 1.29 is 32.9 Å². The molecule has 34 heavy (non-hydrogen) atoms. The zero-order valence-electron chi connectivity index (χ0n) is 18.1. The maximum atomic E-state index is 14.6. The topological polar surface area (TPSA) is 103 Å². The summed E-state index contributed by atoms with van der Waals surface area (Å²) in [6, 6.07) is 19.3. The molecule has 0 bridgehead atoms. The molecule has 178 valence electrons. The highest BCUT2D eigenvalue weighted by molar-refractivity contribution is 5.84. The van der Waals surface area contributed by atoms with E-state index < -0.39 is 24.0 Å². The van der Waals surface area contributed by atoms with E-state index in [0.717, 1.165) is 0 Å². The normalized spacial score (nSPS) is 14.4. The number of nitrogens with one attached hydrogen (secondary N) is 1. The molecule has 1 amide bonds. The molecule has 0 spiro atoms. The highest BCUT2D eigenvalue weighted by atomic mass is 19.3. The molecule has 2 unspecified atom stereocenters. The Morgan fingerprint density at radius 1 is 1.00 bits per heavy atom. The first-order chi connectivity index (χ1) is 16.3. The van der Waals surface area contributed by atoms with Gasteiger partial charge in [-0.15, -0.1) is 0 Å². The highest BCUT2D eigenvalue weighted by Crippen LogP contribution is 2.32. The highest BCUT2D eigenvalue weighted by Gasteiger charge is 2.49. The molecule has 3 aromatic carbocycles. The molecule has 4 N–H and O–H groups in total. The second-order valence-electron chi connectivity index (χ2n) is 7.87. The number of halogens is 2. The van der Waals surface area contributed by atoms with Crippen LogP contribution in [-0.4, -0.2) is 35.9 Å². The fraction of sp³-hybridized carbons (Fsp3) is 0.240. The number of rotatable bonds is 9. The number of aliphatic hydroxyl groups is 1. The average molecular weight is 470 g/mol. The minimum absolute atomic E-state index is 0.0577. The average Bonchev–Trinajstić information content (AvgIpc) is 3.31. The number of fused-ring (bicyclic) bond motifs is 1. The van der Waals surface area contributed by atoms with Crippen LogP contribution in [0.15, 0.2) is 72.8 Å². The molecule has 1 aliphatic heterocycles. The molecule has 0 saturated carbocycles. The summed E-state index contributed by atoms with van der Waals surface area (Å²) in [6.45, 7) is -0.0913. The van der Waals surface area contributed by atoms with E-state index in [2.05, 4.69) is 5.32 Å². The van der Waals surface area contributed by atoms with Crippen molar-refractivity contribution in [1.29, 1.82) is 0 Å². The molecular weight excluding hydrogens is 446 g/mol. The molecule has 0 saturated heterocycles. The number of para-hydroxylation sites is 1. The first-order valence-electron chi connectivity index (χ1n) is 10.6. The summed E-state index contributed by atoms with van der Waals surface area (Å²) < 4.78 is 45.3. The summed E-state index contributed by atoms with van der Waals surface area (Å²) in [5.74, 6) is -3.44. The van der Waals surface area contributed by atoms with E-state index in [9.17, 15) is 18.7 Å². The quantitative estimate of drug-likeness (QED) is 0.443. The van der Waals surface area contributed by atoms with Crippen LogP contribution < -0.4 is 25.3 Å². The van der Waals surface area contributed by atoms with Gasteiger partial charge in [-0.1, -0.05) is 36.4 Å². The lowest BCUT2D eigenvalue weighted by molar-refractivity contribution is -0.165. The molecule has 0 aromatic heterocycles. The minimum atomic E-state index is -4.08. The number of ether oxygens (including phenoxy) is 3. The summed E-state index contributed by atoms with van der Waals surface area (Å²) in [7, 11) is 0. The van der Waals surface area contributed by atoms with Crippen molar-refractivity contribution in [1.82, 2.24) is 5.32 Å². The van der Waals surface area contributed by atoms with Crippen LogP contribution in [0.1, 0.15) is 11.1 Å². The van der Waals surface area contributed by atoms with Crippen LogP contribution in [0.3, 0.4) is 0 Å². The third-order valence-corrected chi connectivity index (χ3v) is 5.34. The van der Waals surface area contributed by atoms with Gasteiger partial charge in [-0.2, -0.15) is 8.78 Å². The third kappa shape index (κ3) is 5.44. The summed E-state index contributed by atoms with van der Waals surface area (Å²) in [6.07, 6.45) is -2.43. The predicted molar refractivity (Wildman–Crippen MR) is 120 cm³/mol. The number of aliphatic hydroxyl groups excluding tert-OH is 1. The molecule has 1 heterocycles. The van der Waals surface area contributed by atoms with Crippen molar-refractivity contribution in [3.8, 4) is 23.0 Å². The molecule has 0 fully saturated rings. The van der Waals surface area contributed by atoms with Gasteiger partial charge >= 0.3 is 5.92 Å². The number of carbonyl (C=O) groups is 1. The van der Waals surface area contributed by atoms with Crippen LogP contribution in [0, 0.1) is 0 Å². The van der Waals surface area contributed by atoms with Crippen LogP contribution in [0.2, 0.25) is 0 Å². The van der Waals surface area contributed by atoms with E-state index in [-0.39, 0.29) is 19.8 Å². The summed E-state index contributed by atoms with van der Waals surface area (Å²) >= 11 is 0. The first-order valence-corrected chi connectivity index (χ1v) is 10.6. The van der Waals surface area contributed by atoms with Gasteiger partial charge in [0.1, 0.15) is 17.6 Å². The molecular formula is C25H24F2N2O5. The minimum Gasteiger partial charge on any atom is -0.457 e. The molecule has 1 aliphatic rings. The summed E-state index contributed by atoms with van der Waals surface area (Å²) in [4.78, 5) is 12.1. The zero-order valence-corrected chi connectivity index (χ0v) is 18.1. The van der Waals surface area contributed by atoms with Crippen LogP contribution in [0.4, 0.5) is 8.78 Å². The Labute approximate surface area is 195 Å². The Morgan fingerprint density at radius 3 is 2.38 bits per heavy atom. The standard InChI is InChI=1S/C25H24F2N2O5/c26-25(27,24(31)29-14-17-8-11-21-22(13-17)33-15-32-21)23(30)20(28)12-16-6-9-19(10-7-16)34-18-4-2-1-3-5-18/h1-11,13,20,23,30H,12,14-15,28H2,(H,29,31). The van der Waals surface area contributed by atoms with Gasteiger partial charge in [-0.05, 0) is 53.9 Å². The number of hydrogen-bond acceptors (Lipinski definition) is 6. The Morgan fingerprint density at radius 2 is 1.65 bits per heavy atom. The number of amides is 1. The van der Waals surface area contributed by atoms with Crippen molar-refractivity contribution in [2.75, 3.05) is 6.79 Å². The predicted octanol–water partition coefficient (Wildman–Crippen LogP) is 3.39. The van der Waals surface area contributed by atoms with Crippen LogP contribution in [-0.2, 0) is 17.8 Å². The Bertz CT molecular complexity index is 1130. The van der Waals surface area contributed by atoms with Gasteiger partial charge in [0, 0.05) is 12.6 Å². The van der Waals surface area contributed by atoms with E-state index >= 15 is 0 Å². The molecule has 4 rings (SSSR count). The third-order valence-electron chi connectivity index (χ3n) is 5.34. The lowest BCUT2D eigenvalue weighted by Gasteiger charge is -2.26. The Kier molecular flexibility index (Phi) is 6.95. The number of alkyl halides is 2. The molecule has 0 aliphatic carbocycles. The van der Waals surface area contributed by atoms with Crippen molar-refractivity contribution in [2.45, 2.75) is 31.0 Å². The van der Waals surface area contributed by atoms with Crippen LogP contribution in [0.25, 0.3) is 0 Å². The maximum absolute atomic E-state index is 14.6. The van der Waals surface area contributed by atoms with Gasteiger partial charge in [0.05, 0.1) is 0 Å². The van der Waals surface area contributed by atoms with Crippen molar-refractivity contribution in [2.24, 2.45) is 5.73 Å². The van der Waals surface area contributed by atoms with E-state index in [1.807, 2.05) is 18.2 Å². The first kappa shape index (κ1) is 23.5. The van der Waals surface area contributed by atoms with Gasteiger partial charge in [-0.3, -0.25) is 4.79 Å². The number of benzene rings is 3. The van der Waals surface area contributed by atoms with Gasteiger partial charge in [0.2, 0.25) is 6.79 Å². The fourth-order valence-electron chi connectivity index (χ4n) is 3.46. The van der Waals surface area contributed by atoms with Gasteiger partial charge in [0.15, 0.2) is 11.5 Å². The lowest BCUT2D eigenvalue weighted by atomic mass is 9.97. The van der Waals surface area contributed by atoms with E-state index in [1.165, 1.54) is 0 Å². The Balaban J connectivity index is 1.31. The monoisotopic (exact) mass is 470 g/mol. The molecule has 2 atom stereocenters. The molecule has 9 heteroatoms. The number of nitrogens with two attached hydrogens (primary N) is 1. The van der Waals surface area contributed by atoms with E-state index in [1.54, 1.807) is 54.6 Å². The van der Waals surface area contributed by atoms with Crippen molar-refractivity contribution >= 4 is 5.91 Å². The van der Waals surface area contributed by atoms with Crippen LogP contribution in [0.5, 0.6) is 23.0 Å². The van der Waals surface area contributed by atoms with Gasteiger partial charge in [-0.25, -0.2) is 0 Å². The van der Waals surface area contributed by atoms with E-state index in [4.69, 9.17) is 19.9 Å². The molecule has 7 nitrogen and oxygen atoms in total. The summed E-state index contributed by atoms with van der Waals surface area (Å²) in [5, 5.41) is 12.3. The number of hydrogen-bond donors (Lipinski definition) is 3. The van der Waals surface area contributed by atoms with Crippen molar-refractivity contribution in [3.63, 3.8) is 0 Å². The second-order valence-corrected chi connectivity index (χ2v) is 7.87. The lowest BCUT2D eigenvalue weighted by Crippen LogP contribution is -2.55. The molecule has 0 radical (unpaired) electrons. The van der Waals surface area contributed by atoms with Crippen molar-refractivity contribution in [3.05, 3.63) is 83.9 Å². The van der Waals surface area contributed by atoms with Gasteiger partial charge < -0.3 is 30.4 Å². The fourth-order valence-corrected chi connectivity index (χ4v) is 3.46. The largest absolute Gasteiger partial charge is 0.457 e. The molecule has 3 aromatic rings. The van der Waals surface area contributed by atoms with Crippen LogP contribution >= 0.6 is 0 Å². The summed E-state index contributed by atoms with van der Waals surface area (Å²) in [5.41, 5.74) is 6.99. The van der Waals surface area contributed by atoms with E-state index in [0.29, 0.717) is 34.1 Å². The zero-order chi connectivity index (χ0) is 24.1. The number of carbonyl (C=O) groups excluding carboxylic acids is 1. The SMILES string of the molecule is NC(Cc1ccc(Oc2ccccc2)cc1)C(O)C(F)(F)C(=O)NCc1ccc2c(c1)OCO2. The smallest absolute Gasteiger partial charge is 0.351 e. The second kappa shape index (κ2) is 10.1.